The molecule has 3 atom stereocenters. The van der Waals surface area contributed by atoms with Crippen LogP contribution in [0.25, 0.3) is 0 Å². The fourth-order valence-electron chi connectivity index (χ4n) is 4.51. The van der Waals surface area contributed by atoms with Crippen LogP contribution in [0.1, 0.15) is 60.8 Å². The van der Waals surface area contributed by atoms with E-state index in [0.717, 1.165) is 11.8 Å². The Kier molecular flexibility index (Phi) is 1.93. The summed E-state index contributed by atoms with van der Waals surface area (Å²) in [5.74, 6) is 1.93. The summed E-state index contributed by atoms with van der Waals surface area (Å²) in [6.07, 6.45) is 4.43. The van der Waals surface area contributed by atoms with Crippen molar-refractivity contribution in [1.82, 2.24) is 0 Å². The Labute approximate surface area is 89.5 Å². The van der Waals surface area contributed by atoms with Crippen LogP contribution in [-0.4, -0.2) is 0 Å². The second-order valence-electron chi connectivity index (χ2n) is 7.53. The first-order chi connectivity index (χ1) is 6.19. The molecule has 2 bridgehead atoms. The second-order valence-corrected chi connectivity index (χ2v) is 7.53. The van der Waals surface area contributed by atoms with E-state index in [9.17, 15) is 0 Å². The summed E-state index contributed by atoms with van der Waals surface area (Å²) in [5.41, 5.74) is 1.70. The summed E-state index contributed by atoms with van der Waals surface area (Å²) in [5, 5.41) is 0. The van der Waals surface area contributed by atoms with Crippen LogP contribution in [0, 0.1) is 28.1 Å². The smallest absolute Gasteiger partial charge is 0.0238 e. The van der Waals surface area contributed by atoms with Crippen molar-refractivity contribution in [2.24, 2.45) is 28.1 Å². The van der Waals surface area contributed by atoms with E-state index in [-0.39, 0.29) is 0 Å². The van der Waals surface area contributed by atoms with Crippen molar-refractivity contribution in [3.8, 4) is 0 Å². The quantitative estimate of drug-likeness (QED) is 0.533. The molecular formula is C14H26. The van der Waals surface area contributed by atoms with E-state index in [2.05, 4.69) is 41.5 Å². The standard InChI is InChI=1S/C14H26/c1-12(2,3)11-9-10-7-8-14(11,6)13(10,4)5/h10-11H,7-9H2,1-6H3/t10-,11?,14+/m1/s1. The molecule has 2 fully saturated rings. The van der Waals surface area contributed by atoms with Gasteiger partial charge in [0.05, 0.1) is 0 Å². The van der Waals surface area contributed by atoms with Crippen molar-refractivity contribution in [2.75, 3.05) is 0 Å². The second kappa shape index (κ2) is 2.57. The highest BCUT2D eigenvalue weighted by Crippen LogP contribution is 2.71. The molecule has 2 aliphatic rings. The minimum Gasteiger partial charge on any atom is -0.0599 e. The topological polar surface area (TPSA) is 0 Å². The van der Waals surface area contributed by atoms with E-state index >= 15 is 0 Å². The average molecular weight is 194 g/mol. The lowest BCUT2D eigenvalue weighted by Crippen LogP contribution is -2.38. The third kappa shape index (κ3) is 1.06. The zero-order valence-corrected chi connectivity index (χ0v) is 10.8. The van der Waals surface area contributed by atoms with E-state index in [0.29, 0.717) is 16.2 Å². The normalized spacial score (nSPS) is 45.9. The van der Waals surface area contributed by atoms with Gasteiger partial charge in [0.1, 0.15) is 0 Å². The number of hydrogen-bond acceptors (Lipinski definition) is 0. The number of hydrogen-bond donors (Lipinski definition) is 0. The lowest BCUT2D eigenvalue weighted by Gasteiger charge is -2.45. The highest BCUT2D eigenvalue weighted by atomic mass is 14.7. The van der Waals surface area contributed by atoms with Gasteiger partial charge in [-0.3, -0.25) is 0 Å². The van der Waals surface area contributed by atoms with Gasteiger partial charge in [-0.05, 0) is 47.3 Å². The van der Waals surface area contributed by atoms with Crippen LogP contribution in [0.2, 0.25) is 0 Å². The molecule has 0 aromatic heterocycles. The van der Waals surface area contributed by atoms with Crippen LogP contribution in [0.5, 0.6) is 0 Å². The molecule has 2 saturated carbocycles. The van der Waals surface area contributed by atoms with Crippen LogP contribution < -0.4 is 0 Å². The summed E-state index contributed by atoms with van der Waals surface area (Å²) < 4.78 is 0. The largest absolute Gasteiger partial charge is 0.0599 e. The molecule has 0 nitrogen and oxygen atoms in total. The molecule has 82 valence electrons. The molecule has 2 rings (SSSR count). The SMILES string of the molecule is CC(C)(C)C1C[C@H]2CC[C@]1(C)C2(C)C. The summed E-state index contributed by atoms with van der Waals surface area (Å²) in [6, 6.07) is 0. The van der Waals surface area contributed by atoms with Gasteiger partial charge in [0.25, 0.3) is 0 Å². The van der Waals surface area contributed by atoms with E-state index in [4.69, 9.17) is 0 Å². The lowest BCUT2D eigenvalue weighted by molar-refractivity contribution is 0.0358. The van der Waals surface area contributed by atoms with Crippen molar-refractivity contribution < 1.29 is 0 Å². The zero-order valence-electron chi connectivity index (χ0n) is 10.8. The highest BCUT2D eigenvalue weighted by Gasteiger charge is 2.63. The van der Waals surface area contributed by atoms with Gasteiger partial charge in [0, 0.05) is 0 Å². The fourth-order valence-corrected chi connectivity index (χ4v) is 4.51. The van der Waals surface area contributed by atoms with Crippen LogP contribution >= 0.6 is 0 Å². The molecule has 0 spiro atoms. The molecular weight excluding hydrogens is 168 g/mol. The summed E-state index contributed by atoms with van der Waals surface area (Å²) in [7, 11) is 0. The fraction of sp³-hybridized carbons (Fsp3) is 1.00. The predicted molar refractivity (Wildman–Crippen MR) is 62.2 cm³/mol. The summed E-state index contributed by atoms with van der Waals surface area (Å²) >= 11 is 0. The molecule has 0 radical (unpaired) electrons. The molecule has 1 unspecified atom stereocenters. The molecule has 0 saturated heterocycles. The zero-order chi connectivity index (χ0) is 10.8. The number of fused-ring (bicyclic) bond motifs is 2. The molecule has 0 N–H and O–H groups in total. The maximum absolute atomic E-state index is 2.55. The van der Waals surface area contributed by atoms with Gasteiger partial charge >= 0.3 is 0 Å². The first-order valence-corrected chi connectivity index (χ1v) is 6.19. The molecule has 0 aromatic carbocycles. The molecule has 0 amide bonds. The van der Waals surface area contributed by atoms with Crippen molar-refractivity contribution in [2.45, 2.75) is 60.8 Å². The Balaban J connectivity index is 2.37. The van der Waals surface area contributed by atoms with Crippen LogP contribution in [0.3, 0.4) is 0 Å². The van der Waals surface area contributed by atoms with E-state index in [1.807, 2.05) is 0 Å². The van der Waals surface area contributed by atoms with Gasteiger partial charge in [0.15, 0.2) is 0 Å². The van der Waals surface area contributed by atoms with E-state index < -0.39 is 0 Å². The Hall–Kier alpha value is 0. The highest BCUT2D eigenvalue weighted by molar-refractivity contribution is 5.12. The maximum atomic E-state index is 2.55. The minimum atomic E-state index is 0.501. The van der Waals surface area contributed by atoms with Crippen LogP contribution in [0.15, 0.2) is 0 Å². The molecule has 0 heterocycles. The Morgan fingerprint density at radius 3 is 1.86 bits per heavy atom. The van der Waals surface area contributed by atoms with Gasteiger partial charge in [-0.2, -0.15) is 0 Å². The molecule has 2 aliphatic carbocycles. The summed E-state index contributed by atoms with van der Waals surface area (Å²) in [4.78, 5) is 0. The predicted octanol–water partition coefficient (Wildman–Crippen LogP) is 4.49. The molecule has 14 heavy (non-hydrogen) atoms. The van der Waals surface area contributed by atoms with Gasteiger partial charge in [-0.1, -0.05) is 41.5 Å². The molecule has 0 aromatic rings. The molecule has 0 heteroatoms. The first kappa shape index (κ1) is 10.5. The van der Waals surface area contributed by atoms with Crippen molar-refractivity contribution in [1.29, 1.82) is 0 Å². The van der Waals surface area contributed by atoms with Crippen LogP contribution in [-0.2, 0) is 0 Å². The van der Waals surface area contributed by atoms with Crippen molar-refractivity contribution in [3.63, 3.8) is 0 Å². The lowest BCUT2D eigenvalue weighted by atomic mass is 9.60. The summed E-state index contributed by atoms with van der Waals surface area (Å²) in [6.45, 7) is 14.9. The third-order valence-electron chi connectivity index (χ3n) is 5.84. The van der Waals surface area contributed by atoms with Gasteiger partial charge in [-0.15, -0.1) is 0 Å². The van der Waals surface area contributed by atoms with E-state index in [1.54, 1.807) is 0 Å². The third-order valence-corrected chi connectivity index (χ3v) is 5.84. The molecule has 0 aliphatic heterocycles. The Morgan fingerprint density at radius 2 is 1.64 bits per heavy atom. The van der Waals surface area contributed by atoms with Crippen molar-refractivity contribution in [3.05, 3.63) is 0 Å². The Morgan fingerprint density at radius 1 is 1.07 bits per heavy atom. The Bertz CT molecular complexity index is 243. The number of rotatable bonds is 0. The van der Waals surface area contributed by atoms with Gasteiger partial charge in [-0.25, -0.2) is 0 Å². The maximum Gasteiger partial charge on any atom is -0.0238 e. The van der Waals surface area contributed by atoms with Crippen molar-refractivity contribution >= 4 is 0 Å². The van der Waals surface area contributed by atoms with Gasteiger partial charge < -0.3 is 0 Å². The van der Waals surface area contributed by atoms with Gasteiger partial charge in [0.2, 0.25) is 0 Å². The van der Waals surface area contributed by atoms with E-state index in [1.165, 1.54) is 19.3 Å². The first-order valence-electron chi connectivity index (χ1n) is 6.19. The average Bonchev–Trinajstić information content (AvgIpc) is 2.32. The monoisotopic (exact) mass is 194 g/mol. The van der Waals surface area contributed by atoms with Crippen LogP contribution in [0.4, 0.5) is 0 Å². The minimum absolute atomic E-state index is 0.501.